The Labute approximate surface area is 112 Å². The first-order valence-corrected chi connectivity index (χ1v) is 5.69. The predicted octanol–water partition coefficient (Wildman–Crippen LogP) is 3.45. The van der Waals surface area contributed by atoms with Crippen molar-refractivity contribution in [2.24, 2.45) is 0 Å². The van der Waals surface area contributed by atoms with Gasteiger partial charge in [-0.05, 0) is 12.1 Å². The van der Waals surface area contributed by atoms with Crippen LogP contribution in [0.25, 0.3) is 0 Å². The van der Waals surface area contributed by atoms with Crippen molar-refractivity contribution in [2.45, 2.75) is 12.8 Å². The SMILES string of the molecule is O=C(O)CCC(=O)Nc1cc(Cl)c(Cl)cc1Cl. The largest absolute Gasteiger partial charge is 0.481 e. The fourth-order valence-electron chi connectivity index (χ4n) is 1.05. The lowest BCUT2D eigenvalue weighted by atomic mass is 10.2. The molecular formula is C10H8Cl3NO3. The van der Waals surface area contributed by atoms with Crippen LogP contribution in [0.1, 0.15) is 12.8 Å². The molecule has 0 spiro atoms. The van der Waals surface area contributed by atoms with Crippen molar-refractivity contribution in [3.8, 4) is 0 Å². The zero-order valence-electron chi connectivity index (χ0n) is 8.47. The molecule has 0 heterocycles. The molecule has 1 aromatic carbocycles. The number of halogens is 3. The molecule has 0 saturated carbocycles. The number of hydrogen-bond donors (Lipinski definition) is 2. The average molecular weight is 297 g/mol. The van der Waals surface area contributed by atoms with Gasteiger partial charge in [-0.1, -0.05) is 34.8 Å². The molecule has 0 aliphatic rings. The van der Waals surface area contributed by atoms with Crippen molar-refractivity contribution < 1.29 is 14.7 Å². The second kappa shape index (κ2) is 6.10. The number of carboxylic acids is 1. The molecule has 1 rings (SSSR count). The van der Waals surface area contributed by atoms with Crippen molar-refractivity contribution in [2.75, 3.05) is 5.32 Å². The van der Waals surface area contributed by atoms with Crippen molar-refractivity contribution in [3.05, 3.63) is 27.2 Å². The summed E-state index contributed by atoms with van der Waals surface area (Å²) in [5, 5.41) is 11.6. The molecule has 0 aromatic heterocycles. The number of benzene rings is 1. The number of carboxylic acid groups (broad SMARTS) is 1. The first-order chi connectivity index (χ1) is 7.90. The minimum atomic E-state index is -1.04. The van der Waals surface area contributed by atoms with Crippen LogP contribution in [-0.4, -0.2) is 17.0 Å². The van der Waals surface area contributed by atoms with Gasteiger partial charge >= 0.3 is 5.97 Å². The van der Waals surface area contributed by atoms with Crippen molar-refractivity contribution >= 4 is 52.4 Å². The summed E-state index contributed by atoms with van der Waals surface area (Å²) in [5.74, 6) is -1.49. The van der Waals surface area contributed by atoms with E-state index in [0.29, 0.717) is 5.69 Å². The average Bonchev–Trinajstić information content (AvgIpc) is 2.23. The monoisotopic (exact) mass is 295 g/mol. The van der Waals surface area contributed by atoms with Crippen molar-refractivity contribution in [1.82, 2.24) is 0 Å². The van der Waals surface area contributed by atoms with Crippen LogP contribution in [0.3, 0.4) is 0 Å². The van der Waals surface area contributed by atoms with Gasteiger partial charge in [-0.3, -0.25) is 9.59 Å². The van der Waals surface area contributed by atoms with E-state index < -0.39 is 11.9 Å². The van der Waals surface area contributed by atoms with Gasteiger partial charge < -0.3 is 10.4 Å². The number of aliphatic carboxylic acids is 1. The molecule has 0 fully saturated rings. The second-order valence-electron chi connectivity index (χ2n) is 3.19. The minimum Gasteiger partial charge on any atom is -0.481 e. The lowest BCUT2D eigenvalue weighted by Gasteiger charge is -2.08. The Kier molecular flexibility index (Phi) is 5.05. The van der Waals surface area contributed by atoms with E-state index in [1.165, 1.54) is 12.1 Å². The smallest absolute Gasteiger partial charge is 0.303 e. The van der Waals surface area contributed by atoms with Crippen LogP contribution in [-0.2, 0) is 9.59 Å². The predicted molar refractivity (Wildman–Crippen MR) is 67.0 cm³/mol. The number of rotatable bonds is 4. The van der Waals surface area contributed by atoms with E-state index in [0.717, 1.165) is 0 Å². The Morgan fingerprint density at radius 1 is 1.06 bits per heavy atom. The molecule has 0 aliphatic heterocycles. The topological polar surface area (TPSA) is 66.4 Å². The van der Waals surface area contributed by atoms with Gasteiger partial charge in [0.2, 0.25) is 5.91 Å². The molecule has 1 aromatic rings. The molecule has 0 radical (unpaired) electrons. The molecular weight excluding hydrogens is 288 g/mol. The Hall–Kier alpha value is -0.970. The minimum absolute atomic E-state index is 0.133. The van der Waals surface area contributed by atoms with Gasteiger partial charge in [0.1, 0.15) is 0 Å². The van der Waals surface area contributed by atoms with Gasteiger partial charge in [-0.2, -0.15) is 0 Å². The zero-order valence-corrected chi connectivity index (χ0v) is 10.7. The molecule has 0 atom stereocenters. The normalized spacial score (nSPS) is 10.1. The summed E-state index contributed by atoms with van der Waals surface area (Å²) in [4.78, 5) is 21.6. The van der Waals surface area contributed by atoms with E-state index in [1.54, 1.807) is 0 Å². The Morgan fingerprint density at radius 3 is 2.24 bits per heavy atom. The quantitative estimate of drug-likeness (QED) is 0.836. The summed E-state index contributed by atoms with van der Waals surface area (Å²) >= 11 is 17.3. The van der Waals surface area contributed by atoms with Gasteiger partial charge in [0.15, 0.2) is 0 Å². The van der Waals surface area contributed by atoms with Crippen LogP contribution in [0.4, 0.5) is 5.69 Å². The van der Waals surface area contributed by atoms with Crippen molar-refractivity contribution in [1.29, 1.82) is 0 Å². The molecule has 0 saturated heterocycles. The first-order valence-electron chi connectivity index (χ1n) is 4.56. The Morgan fingerprint density at radius 2 is 1.65 bits per heavy atom. The summed E-state index contributed by atoms with van der Waals surface area (Å²) in [7, 11) is 0. The van der Waals surface area contributed by atoms with E-state index >= 15 is 0 Å². The Bertz CT molecular complexity index is 462. The maximum Gasteiger partial charge on any atom is 0.303 e. The maximum atomic E-state index is 11.4. The summed E-state index contributed by atoms with van der Waals surface area (Å²) in [6, 6.07) is 2.81. The first kappa shape index (κ1) is 14.1. The fraction of sp³-hybridized carbons (Fsp3) is 0.200. The van der Waals surface area contributed by atoms with Crippen LogP contribution in [0.15, 0.2) is 12.1 Å². The lowest BCUT2D eigenvalue weighted by Crippen LogP contribution is -2.13. The fourth-order valence-corrected chi connectivity index (χ4v) is 1.65. The Balaban J connectivity index is 2.71. The molecule has 4 nitrogen and oxygen atoms in total. The van der Waals surface area contributed by atoms with E-state index in [-0.39, 0.29) is 27.9 Å². The van der Waals surface area contributed by atoms with Gasteiger partial charge in [0, 0.05) is 6.42 Å². The summed E-state index contributed by atoms with van der Waals surface area (Å²) < 4.78 is 0. The standard InChI is InChI=1S/C10H8Cl3NO3/c11-5-3-7(13)8(4-6(5)12)14-9(15)1-2-10(16)17/h3-4H,1-2H2,(H,14,15)(H,16,17). The van der Waals surface area contributed by atoms with Crippen LogP contribution in [0, 0.1) is 0 Å². The third-order valence-electron chi connectivity index (χ3n) is 1.85. The molecule has 17 heavy (non-hydrogen) atoms. The highest BCUT2D eigenvalue weighted by Gasteiger charge is 2.10. The molecule has 0 bridgehead atoms. The van der Waals surface area contributed by atoms with Gasteiger partial charge in [-0.25, -0.2) is 0 Å². The number of hydrogen-bond acceptors (Lipinski definition) is 2. The molecule has 0 unspecified atom stereocenters. The number of anilines is 1. The summed E-state index contributed by atoms with van der Waals surface area (Å²) in [5.41, 5.74) is 0.302. The summed E-state index contributed by atoms with van der Waals surface area (Å²) in [6.07, 6.45) is -0.378. The van der Waals surface area contributed by atoms with Gasteiger partial charge in [-0.15, -0.1) is 0 Å². The molecule has 1 amide bonds. The molecule has 92 valence electrons. The van der Waals surface area contributed by atoms with Crippen LogP contribution >= 0.6 is 34.8 Å². The van der Waals surface area contributed by atoms with E-state index in [1.807, 2.05) is 0 Å². The van der Waals surface area contributed by atoms with Crippen LogP contribution in [0.2, 0.25) is 15.1 Å². The highest BCUT2D eigenvalue weighted by atomic mass is 35.5. The van der Waals surface area contributed by atoms with Gasteiger partial charge in [0.05, 0.1) is 27.2 Å². The van der Waals surface area contributed by atoms with Gasteiger partial charge in [0.25, 0.3) is 0 Å². The molecule has 0 aliphatic carbocycles. The second-order valence-corrected chi connectivity index (χ2v) is 4.41. The highest BCUT2D eigenvalue weighted by molar-refractivity contribution is 6.44. The lowest BCUT2D eigenvalue weighted by molar-refractivity contribution is -0.138. The zero-order chi connectivity index (χ0) is 13.0. The number of carbonyl (C=O) groups excluding carboxylic acids is 1. The third-order valence-corrected chi connectivity index (χ3v) is 2.88. The number of carbonyl (C=O) groups is 2. The van der Waals surface area contributed by atoms with Crippen LogP contribution in [0.5, 0.6) is 0 Å². The molecule has 7 heteroatoms. The van der Waals surface area contributed by atoms with E-state index in [9.17, 15) is 9.59 Å². The number of nitrogens with one attached hydrogen (secondary N) is 1. The summed E-state index contributed by atoms with van der Waals surface area (Å²) in [6.45, 7) is 0. The van der Waals surface area contributed by atoms with Crippen LogP contribution < -0.4 is 5.32 Å². The van der Waals surface area contributed by atoms with Crippen molar-refractivity contribution in [3.63, 3.8) is 0 Å². The third kappa shape index (κ3) is 4.42. The van der Waals surface area contributed by atoms with E-state index in [2.05, 4.69) is 5.32 Å². The number of amides is 1. The molecule has 2 N–H and O–H groups in total. The maximum absolute atomic E-state index is 11.4. The highest BCUT2D eigenvalue weighted by Crippen LogP contribution is 2.32. The van der Waals surface area contributed by atoms with E-state index in [4.69, 9.17) is 39.9 Å².